The highest BCUT2D eigenvalue weighted by Crippen LogP contribution is 2.31. The van der Waals surface area contributed by atoms with Crippen molar-refractivity contribution >= 4 is 16.3 Å². The Morgan fingerprint density at radius 1 is 1.22 bits per heavy atom. The fourth-order valence-electron chi connectivity index (χ4n) is 3.40. The van der Waals surface area contributed by atoms with Gasteiger partial charge in [-0.2, -0.15) is 5.10 Å². The number of rotatable bonds is 4. The molecule has 0 unspecified atom stereocenters. The summed E-state index contributed by atoms with van der Waals surface area (Å²) in [6, 6.07) is 6.63. The van der Waals surface area contributed by atoms with Crippen molar-refractivity contribution in [3.63, 3.8) is 0 Å². The minimum atomic E-state index is -0.0388. The highest BCUT2D eigenvalue weighted by Gasteiger charge is 2.18. The molecule has 0 radical (unpaired) electrons. The van der Waals surface area contributed by atoms with Crippen molar-refractivity contribution in [2.24, 2.45) is 0 Å². The van der Waals surface area contributed by atoms with E-state index in [1.807, 2.05) is 4.52 Å². The van der Waals surface area contributed by atoms with E-state index in [0.717, 1.165) is 46.2 Å². The number of hydrogen-bond acceptors (Lipinski definition) is 4. The zero-order valence-electron chi connectivity index (χ0n) is 13.4. The third-order valence-electron chi connectivity index (χ3n) is 4.57. The number of fused-ring (bicyclic) bond motifs is 2. The molecule has 4 nitrogen and oxygen atoms in total. The summed E-state index contributed by atoms with van der Waals surface area (Å²) in [6.45, 7) is 2.11. The van der Waals surface area contributed by atoms with Crippen LogP contribution in [0.3, 0.4) is 0 Å². The van der Waals surface area contributed by atoms with Crippen LogP contribution in [0.4, 0.5) is 0 Å². The first-order chi connectivity index (χ1) is 11.3. The number of benzene rings is 1. The van der Waals surface area contributed by atoms with E-state index < -0.39 is 0 Å². The monoisotopic (exact) mass is 327 g/mol. The summed E-state index contributed by atoms with van der Waals surface area (Å²) in [4.78, 5) is 5.64. The summed E-state index contributed by atoms with van der Waals surface area (Å²) >= 11 is 1.63. The molecule has 0 atom stereocenters. The van der Waals surface area contributed by atoms with Crippen LogP contribution in [0.1, 0.15) is 48.0 Å². The van der Waals surface area contributed by atoms with E-state index in [-0.39, 0.29) is 6.61 Å². The average Bonchev–Trinajstić information content (AvgIpc) is 3.11. The Kier molecular flexibility index (Phi) is 3.91. The van der Waals surface area contributed by atoms with E-state index in [0.29, 0.717) is 0 Å². The van der Waals surface area contributed by atoms with Gasteiger partial charge in [0, 0.05) is 12.0 Å². The third kappa shape index (κ3) is 2.58. The first-order valence-electron chi connectivity index (χ1n) is 8.40. The fourth-order valence-corrected chi connectivity index (χ4v) is 4.41. The van der Waals surface area contributed by atoms with Crippen molar-refractivity contribution in [2.75, 3.05) is 0 Å². The highest BCUT2D eigenvalue weighted by atomic mass is 32.1. The number of aliphatic hydroxyl groups excluding tert-OH is 1. The number of hydrogen-bond donors (Lipinski definition) is 1. The SMILES string of the molecule is CCCc1nn2c(CO)c(-c3ccc4c(c3)CCCC4)nc2s1. The largest absolute Gasteiger partial charge is 0.390 e. The molecule has 1 aliphatic carbocycles. The van der Waals surface area contributed by atoms with Gasteiger partial charge in [0.15, 0.2) is 0 Å². The molecule has 4 rings (SSSR count). The Morgan fingerprint density at radius 3 is 2.83 bits per heavy atom. The minimum absolute atomic E-state index is 0.0388. The molecule has 5 heteroatoms. The van der Waals surface area contributed by atoms with Gasteiger partial charge < -0.3 is 5.11 Å². The first kappa shape index (κ1) is 14.8. The van der Waals surface area contributed by atoms with Crippen molar-refractivity contribution in [3.05, 3.63) is 40.0 Å². The zero-order chi connectivity index (χ0) is 15.8. The Balaban J connectivity index is 1.80. The van der Waals surface area contributed by atoms with Gasteiger partial charge >= 0.3 is 0 Å². The van der Waals surface area contributed by atoms with Crippen LogP contribution in [0.25, 0.3) is 16.2 Å². The second kappa shape index (κ2) is 6.06. The summed E-state index contributed by atoms with van der Waals surface area (Å²) in [5.74, 6) is 0. The van der Waals surface area contributed by atoms with Crippen LogP contribution in [-0.2, 0) is 25.9 Å². The van der Waals surface area contributed by atoms with E-state index >= 15 is 0 Å². The van der Waals surface area contributed by atoms with Crippen LogP contribution in [0.15, 0.2) is 18.2 Å². The molecule has 3 aromatic rings. The number of nitrogens with zero attached hydrogens (tertiary/aromatic N) is 3. The summed E-state index contributed by atoms with van der Waals surface area (Å²) in [6.07, 6.45) is 6.93. The Labute approximate surface area is 139 Å². The van der Waals surface area contributed by atoms with Crippen LogP contribution in [0.2, 0.25) is 0 Å². The van der Waals surface area contributed by atoms with Gasteiger partial charge in [0.05, 0.1) is 18.0 Å². The molecule has 1 aromatic carbocycles. The third-order valence-corrected chi connectivity index (χ3v) is 5.54. The van der Waals surface area contributed by atoms with E-state index in [1.54, 1.807) is 11.3 Å². The maximum atomic E-state index is 9.85. The highest BCUT2D eigenvalue weighted by molar-refractivity contribution is 7.16. The quantitative estimate of drug-likeness (QED) is 0.793. The Morgan fingerprint density at radius 2 is 2.04 bits per heavy atom. The van der Waals surface area contributed by atoms with Crippen molar-refractivity contribution < 1.29 is 5.11 Å². The number of aliphatic hydroxyl groups is 1. The van der Waals surface area contributed by atoms with Crippen molar-refractivity contribution in [3.8, 4) is 11.3 Å². The molecule has 0 aliphatic heterocycles. The van der Waals surface area contributed by atoms with Gasteiger partial charge in [0.2, 0.25) is 4.96 Å². The molecule has 2 heterocycles. The maximum Gasteiger partial charge on any atom is 0.213 e. The lowest BCUT2D eigenvalue weighted by Crippen LogP contribution is -2.03. The summed E-state index contributed by atoms with van der Waals surface area (Å²) < 4.78 is 1.82. The lowest BCUT2D eigenvalue weighted by Gasteiger charge is -2.16. The summed E-state index contributed by atoms with van der Waals surface area (Å²) in [5.41, 5.74) is 5.69. The molecular weight excluding hydrogens is 306 g/mol. The normalized spacial score (nSPS) is 14.3. The van der Waals surface area contributed by atoms with Gasteiger partial charge in [-0.15, -0.1) is 0 Å². The predicted molar refractivity (Wildman–Crippen MR) is 92.9 cm³/mol. The standard InChI is InChI=1S/C18H21N3OS/c1-2-5-16-20-21-15(11-22)17(19-18(21)23-16)14-9-8-12-6-3-4-7-13(12)10-14/h8-10,22H,2-7,11H2,1H3. The zero-order valence-corrected chi connectivity index (χ0v) is 14.2. The summed E-state index contributed by atoms with van der Waals surface area (Å²) in [7, 11) is 0. The Bertz CT molecular complexity index is 849. The van der Waals surface area contributed by atoms with Gasteiger partial charge in [0.1, 0.15) is 5.01 Å². The van der Waals surface area contributed by atoms with Gasteiger partial charge in [-0.25, -0.2) is 9.50 Å². The molecule has 1 aliphatic rings. The Hall–Kier alpha value is -1.72. The maximum absolute atomic E-state index is 9.85. The number of imidazole rings is 1. The van der Waals surface area contributed by atoms with Crippen molar-refractivity contribution in [1.82, 2.24) is 14.6 Å². The second-order valence-corrected chi connectivity index (χ2v) is 7.24. The van der Waals surface area contributed by atoms with Gasteiger partial charge in [-0.05, 0) is 49.3 Å². The molecule has 0 saturated heterocycles. The van der Waals surface area contributed by atoms with Gasteiger partial charge in [-0.3, -0.25) is 0 Å². The van der Waals surface area contributed by atoms with Crippen molar-refractivity contribution in [1.29, 1.82) is 0 Å². The van der Waals surface area contributed by atoms with E-state index in [1.165, 1.54) is 30.4 Å². The molecule has 23 heavy (non-hydrogen) atoms. The molecule has 0 bridgehead atoms. The minimum Gasteiger partial charge on any atom is -0.390 e. The molecule has 0 spiro atoms. The molecule has 120 valence electrons. The first-order valence-corrected chi connectivity index (χ1v) is 9.22. The van der Waals surface area contributed by atoms with E-state index in [9.17, 15) is 5.11 Å². The molecule has 2 aromatic heterocycles. The number of aromatic nitrogens is 3. The fraction of sp³-hybridized carbons (Fsp3) is 0.444. The topological polar surface area (TPSA) is 50.4 Å². The van der Waals surface area contributed by atoms with Crippen LogP contribution >= 0.6 is 11.3 Å². The van der Waals surface area contributed by atoms with Crippen LogP contribution in [0, 0.1) is 0 Å². The lowest BCUT2D eigenvalue weighted by molar-refractivity contribution is 0.275. The average molecular weight is 327 g/mol. The van der Waals surface area contributed by atoms with Gasteiger partial charge in [0.25, 0.3) is 0 Å². The molecular formula is C18H21N3OS. The molecule has 1 N–H and O–H groups in total. The van der Waals surface area contributed by atoms with Crippen LogP contribution in [0.5, 0.6) is 0 Å². The van der Waals surface area contributed by atoms with Crippen LogP contribution in [-0.4, -0.2) is 19.7 Å². The molecule has 0 saturated carbocycles. The lowest BCUT2D eigenvalue weighted by atomic mass is 9.90. The predicted octanol–water partition coefficient (Wildman–Crippen LogP) is 3.78. The second-order valence-electron chi connectivity index (χ2n) is 6.20. The van der Waals surface area contributed by atoms with Gasteiger partial charge in [-0.1, -0.05) is 30.4 Å². The summed E-state index contributed by atoms with van der Waals surface area (Å²) in [5, 5.41) is 15.6. The molecule has 0 amide bonds. The molecule has 0 fully saturated rings. The van der Waals surface area contributed by atoms with Crippen molar-refractivity contribution in [2.45, 2.75) is 52.1 Å². The van der Waals surface area contributed by atoms with Crippen LogP contribution < -0.4 is 0 Å². The number of aryl methyl sites for hydroxylation is 3. The van der Waals surface area contributed by atoms with E-state index in [4.69, 9.17) is 4.98 Å². The smallest absolute Gasteiger partial charge is 0.213 e. The van der Waals surface area contributed by atoms with E-state index in [2.05, 4.69) is 30.2 Å².